The molecule has 0 aliphatic heterocycles. The molecule has 2 aromatic carbocycles. The smallest absolute Gasteiger partial charge is 0.224 e. The van der Waals surface area contributed by atoms with Crippen LogP contribution in [0.5, 0.6) is 5.75 Å². The van der Waals surface area contributed by atoms with E-state index in [9.17, 15) is 9.59 Å². The van der Waals surface area contributed by atoms with Crippen molar-refractivity contribution in [2.24, 2.45) is 0 Å². The molecule has 5 heteroatoms. The molecular formula is C21H24N2O3. The maximum absolute atomic E-state index is 12.1. The Morgan fingerprint density at radius 2 is 1.62 bits per heavy atom. The predicted octanol–water partition coefficient (Wildman–Crippen LogP) is 3.09. The van der Waals surface area contributed by atoms with Gasteiger partial charge in [0.1, 0.15) is 5.75 Å². The van der Waals surface area contributed by atoms with Crippen LogP contribution >= 0.6 is 0 Å². The highest BCUT2D eigenvalue weighted by molar-refractivity contribution is 5.90. The van der Waals surface area contributed by atoms with Crippen LogP contribution in [0.3, 0.4) is 0 Å². The summed E-state index contributed by atoms with van der Waals surface area (Å²) in [6.07, 6.45) is 3.65. The van der Waals surface area contributed by atoms with Crippen molar-refractivity contribution < 1.29 is 14.3 Å². The second-order valence-corrected chi connectivity index (χ2v) is 6.61. The van der Waals surface area contributed by atoms with Crippen molar-refractivity contribution in [3.63, 3.8) is 0 Å². The largest absolute Gasteiger partial charge is 0.497 e. The first-order chi connectivity index (χ1) is 12.6. The lowest BCUT2D eigenvalue weighted by Crippen LogP contribution is -2.26. The van der Waals surface area contributed by atoms with Gasteiger partial charge in [-0.15, -0.1) is 0 Å². The van der Waals surface area contributed by atoms with Crippen LogP contribution in [0.2, 0.25) is 0 Å². The third-order valence-corrected chi connectivity index (χ3v) is 4.34. The Hall–Kier alpha value is -2.82. The first-order valence-corrected chi connectivity index (χ1v) is 8.93. The number of hydrogen-bond acceptors (Lipinski definition) is 3. The fourth-order valence-electron chi connectivity index (χ4n) is 2.67. The van der Waals surface area contributed by atoms with Crippen molar-refractivity contribution in [2.45, 2.75) is 38.1 Å². The van der Waals surface area contributed by atoms with Gasteiger partial charge in [-0.25, -0.2) is 0 Å². The van der Waals surface area contributed by atoms with E-state index in [2.05, 4.69) is 10.6 Å². The van der Waals surface area contributed by atoms with Crippen LogP contribution in [0.4, 0.5) is 5.69 Å². The monoisotopic (exact) mass is 352 g/mol. The number of carbonyl (C=O) groups is 2. The molecular weight excluding hydrogens is 328 g/mol. The Kier molecular flexibility index (Phi) is 5.89. The Bertz CT molecular complexity index is 750. The normalized spacial score (nSPS) is 13.1. The average Bonchev–Trinajstić information content (AvgIpc) is 3.46. The minimum Gasteiger partial charge on any atom is -0.497 e. The lowest BCUT2D eigenvalue weighted by Gasteiger charge is -2.08. The van der Waals surface area contributed by atoms with Gasteiger partial charge in [-0.3, -0.25) is 9.59 Å². The van der Waals surface area contributed by atoms with E-state index in [0.29, 0.717) is 25.3 Å². The van der Waals surface area contributed by atoms with Gasteiger partial charge in [0.25, 0.3) is 0 Å². The summed E-state index contributed by atoms with van der Waals surface area (Å²) in [7, 11) is 1.63. The van der Waals surface area contributed by atoms with Gasteiger partial charge in [-0.05, 0) is 54.7 Å². The molecule has 0 radical (unpaired) electrons. The highest BCUT2D eigenvalue weighted by atomic mass is 16.5. The minimum absolute atomic E-state index is 0.0277. The summed E-state index contributed by atoms with van der Waals surface area (Å²) in [6.45, 7) is 0. The summed E-state index contributed by atoms with van der Waals surface area (Å²) in [5, 5.41) is 5.87. The number of hydrogen-bond donors (Lipinski definition) is 2. The fourth-order valence-corrected chi connectivity index (χ4v) is 2.67. The van der Waals surface area contributed by atoms with E-state index in [1.807, 2.05) is 48.5 Å². The van der Waals surface area contributed by atoms with Crippen LogP contribution in [0.1, 0.15) is 30.4 Å². The predicted molar refractivity (Wildman–Crippen MR) is 101 cm³/mol. The molecule has 3 rings (SSSR count). The topological polar surface area (TPSA) is 67.4 Å². The third-order valence-electron chi connectivity index (χ3n) is 4.34. The molecule has 0 aromatic heterocycles. The molecule has 0 heterocycles. The molecule has 2 N–H and O–H groups in total. The van der Waals surface area contributed by atoms with E-state index >= 15 is 0 Å². The van der Waals surface area contributed by atoms with Gasteiger partial charge >= 0.3 is 0 Å². The molecule has 2 aromatic rings. The van der Waals surface area contributed by atoms with Crippen LogP contribution < -0.4 is 15.4 Å². The molecule has 0 atom stereocenters. The molecule has 0 spiro atoms. The number of anilines is 1. The first-order valence-electron chi connectivity index (χ1n) is 8.93. The number of ether oxygens (including phenoxy) is 1. The Labute approximate surface area is 153 Å². The lowest BCUT2D eigenvalue weighted by atomic mass is 10.1. The van der Waals surface area contributed by atoms with Crippen molar-refractivity contribution in [3.05, 3.63) is 59.7 Å². The van der Waals surface area contributed by atoms with Crippen molar-refractivity contribution in [3.8, 4) is 5.75 Å². The van der Waals surface area contributed by atoms with Crippen molar-refractivity contribution in [1.82, 2.24) is 5.32 Å². The molecule has 136 valence electrons. The summed E-state index contributed by atoms with van der Waals surface area (Å²) in [5.74, 6) is 0.841. The maximum atomic E-state index is 12.1. The number of benzene rings is 2. The number of carbonyl (C=O) groups excluding carboxylic acids is 2. The van der Waals surface area contributed by atoms with E-state index in [0.717, 1.165) is 35.4 Å². The average molecular weight is 352 g/mol. The molecule has 0 unspecified atom stereocenters. The zero-order valence-corrected chi connectivity index (χ0v) is 15.0. The number of amides is 2. The highest BCUT2D eigenvalue weighted by Gasteiger charge is 2.22. The quantitative estimate of drug-likeness (QED) is 0.767. The standard InChI is InChI=1S/C21H24N2O3/c1-26-19-11-4-15(5-12-19)6-13-20(24)22-17-7-2-16(3-8-17)14-21(25)23-18-9-10-18/h2-5,7-8,11-12,18H,6,9-10,13-14H2,1H3,(H,22,24)(H,23,25). The molecule has 0 bridgehead atoms. The second-order valence-electron chi connectivity index (χ2n) is 6.61. The third kappa shape index (κ3) is 5.62. The second kappa shape index (κ2) is 8.52. The van der Waals surface area contributed by atoms with Crippen molar-refractivity contribution >= 4 is 17.5 Å². The zero-order valence-electron chi connectivity index (χ0n) is 15.0. The van der Waals surface area contributed by atoms with Crippen LogP contribution in [0, 0.1) is 0 Å². The van der Waals surface area contributed by atoms with Crippen LogP contribution in [0.15, 0.2) is 48.5 Å². The Balaban J connectivity index is 1.43. The maximum Gasteiger partial charge on any atom is 0.224 e. The Morgan fingerprint density at radius 1 is 0.962 bits per heavy atom. The van der Waals surface area contributed by atoms with E-state index in [4.69, 9.17) is 4.74 Å². The molecule has 5 nitrogen and oxygen atoms in total. The SMILES string of the molecule is COc1ccc(CCC(=O)Nc2ccc(CC(=O)NC3CC3)cc2)cc1. The van der Waals surface area contributed by atoms with Gasteiger partial charge in [-0.1, -0.05) is 24.3 Å². The molecule has 1 saturated carbocycles. The fraction of sp³-hybridized carbons (Fsp3) is 0.333. The van der Waals surface area contributed by atoms with Crippen LogP contribution in [0.25, 0.3) is 0 Å². The van der Waals surface area contributed by atoms with Crippen LogP contribution in [-0.2, 0) is 22.4 Å². The summed E-state index contributed by atoms with van der Waals surface area (Å²) < 4.78 is 5.12. The number of methoxy groups -OCH3 is 1. The summed E-state index contributed by atoms with van der Waals surface area (Å²) in [4.78, 5) is 23.9. The number of rotatable bonds is 8. The Morgan fingerprint density at radius 3 is 2.23 bits per heavy atom. The summed E-state index contributed by atoms with van der Waals surface area (Å²) >= 11 is 0. The molecule has 2 amide bonds. The molecule has 1 aliphatic rings. The van der Waals surface area contributed by atoms with E-state index in [1.54, 1.807) is 7.11 Å². The number of aryl methyl sites for hydroxylation is 1. The molecule has 1 fully saturated rings. The summed E-state index contributed by atoms with van der Waals surface area (Å²) in [5.41, 5.74) is 2.79. The van der Waals surface area contributed by atoms with Gasteiger partial charge in [0.15, 0.2) is 0 Å². The van der Waals surface area contributed by atoms with Gasteiger partial charge in [0.05, 0.1) is 13.5 Å². The summed E-state index contributed by atoms with van der Waals surface area (Å²) in [6, 6.07) is 15.5. The lowest BCUT2D eigenvalue weighted by molar-refractivity contribution is -0.120. The van der Waals surface area contributed by atoms with Gasteiger partial charge in [0, 0.05) is 18.2 Å². The van der Waals surface area contributed by atoms with Gasteiger partial charge < -0.3 is 15.4 Å². The van der Waals surface area contributed by atoms with Crippen LogP contribution in [-0.4, -0.2) is 25.0 Å². The molecule has 0 saturated heterocycles. The number of nitrogens with one attached hydrogen (secondary N) is 2. The highest BCUT2D eigenvalue weighted by Crippen LogP contribution is 2.19. The van der Waals surface area contributed by atoms with E-state index < -0.39 is 0 Å². The van der Waals surface area contributed by atoms with Crippen molar-refractivity contribution in [2.75, 3.05) is 12.4 Å². The van der Waals surface area contributed by atoms with Gasteiger partial charge in [-0.2, -0.15) is 0 Å². The minimum atomic E-state index is -0.0277. The van der Waals surface area contributed by atoms with E-state index in [-0.39, 0.29) is 11.8 Å². The molecule has 1 aliphatic carbocycles. The van der Waals surface area contributed by atoms with Gasteiger partial charge in [0.2, 0.25) is 11.8 Å². The zero-order chi connectivity index (χ0) is 18.4. The van der Waals surface area contributed by atoms with Crippen molar-refractivity contribution in [1.29, 1.82) is 0 Å². The van der Waals surface area contributed by atoms with E-state index in [1.165, 1.54) is 0 Å². The molecule has 26 heavy (non-hydrogen) atoms. The first kappa shape index (κ1) is 18.0.